The van der Waals surface area contributed by atoms with E-state index in [2.05, 4.69) is 0 Å². The fourth-order valence-electron chi connectivity index (χ4n) is 1.71. The number of hydrogen-bond acceptors (Lipinski definition) is 4. The Kier molecular flexibility index (Phi) is 4.31. The van der Waals surface area contributed by atoms with Gasteiger partial charge in [-0.25, -0.2) is 0 Å². The van der Waals surface area contributed by atoms with Crippen LogP contribution in [0.3, 0.4) is 0 Å². The lowest BCUT2D eigenvalue weighted by Crippen LogP contribution is -2.25. The van der Waals surface area contributed by atoms with Crippen molar-refractivity contribution in [2.75, 3.05) is 0 Å². The van der Waals surface area contributed by atoms with E-state index in [4.69, 9.17) is 4.74 Å². The SMILES string of the molecule is CC(C)(C)C(=O)Oc1ccc(C(=O)c2ccc(O)cc2)cc1. The van der Waals surface area contributed by atoms with E-state index in [1.54, 1.807) is 57.2 Å². The van der Waals surface area contributed by atoms with Crippen molar-refractivity contribution in [1.29, 1.82) is 0 Å². The van der Waals surface area contributed by atoms with Gasteiger partial charge in [-0.2, -0.15) is 0 Å². The molecule has 2 aromatic carbocycles. The van der Waals surface area contributed by atoms with Crippen LogP contribution in [-0.2, 0) is 4.79 Å². The number of esters is 1. The Morgan fingerprint density at radius 3 is 1.77 bits per heavy atom. The van der Waals surface area contributed by atoms with E-state index in [1.165, 1.54) is 12.1 Å². The van der Waals surface area contributed by atoms with Crippen molar-refractivity contribution in [2.24, 2.45) is 5.41 Å². The molecule has 1 N–H and O–H groups in total. The van der Waals surface area contributed by atoms with E-state index in [0.717, 1.165) is 0 Å². The largest absolute Gasteiger partial charge is 0.508 e. The minimum atomic E-state index is -0.583. The van der Waals surface area contributed by atoms with Gasteiger partial charge in [0, 0.05) is 11.1 Å². The third-order valence-electron chi connectivity index (χ3n) is 3.07. The highest BCUT2D eigenvalue weighted by molar-refractivity contribution is 6.09. The Balaban J connectivity index is 2.13. The first-order chi connectivity index (χ1) is 10.3. The van der Waals surface area contributed by atoms with Gasteiger partial charge in [0.15, 0.2) is 5.78 Å². The van der Waals surface area contributed by atoms with Crippen LogP contribution in [0.5, 0.6) is 11.5 Å². The molecule has 0 aliphatic heterocycles. The second kappa shape index (κ2) is 6.02. The lowest BCUT2D eigenvalue weighted by Gasteiger charge is -2.16. The number of carbonyl (C=O) groups excluding carboxylic acids is 2. The molecule has 0 aliphatic carbocycles. The predicted molar refractivity (Wildman–Crippen MR) is 83.1 cm³/mol. The third-order valence-corrected chi connectivity index (χ3v) is 3.07. The Bertz CT molecular complexity index is 677. The smallest absolute Gasteiger partial charge is 0.316 e. The van der Waals surface area contributed by atoms with Crippen molar-refractivity contribution >= 4 is 11.8 Å². The number of phenols is 1. The Morgan fingerprint density at radius 2 is 1.32 bits per heavy atom. The summed E-state index contributed by atoms with van der Waals surface area (Å²) in [4.78, 5) is 24.1. The lowest BCUT2D eigenvalue weighted by molar-refractivity contribution is -0.142. The molecule has 4 nitrogen and oxygen atoms in total. The van der Waals surface area contributed by atoms with E-state index in [-0.39, 0.29) is 17.5 Å². The molecule has 4 heteroatoms. The Labute approximate surface area is 129 Å². The minimum absolute atomic E-state index is 0.112. The highest BCUT2D eigenvalue weighted by Gasteiger charge is 2.23. The standard InChI is InChI=1S/C18H18O4/c1-18(2,3)17(21)22-15-10-6-13(7-11-15)16(20)12-4-8-14(19)9-5-12/h4-11,19H,1-3H3. The highest BCUT2D eigenvalue weighted by Crippen LogP contribution is 2.21. The number of rotatable bonds is 3. The topological polar surface area (TPSA) is 63.6 Å². The van der Waals surface area contributed by atoms with Crippen LogP contribution in [0.1, 0.15) is 36.7 Å². The Morgan fingerprint density at radius 1 is 0.864 bits per heavy atom. The molecule has 0 radical (unpaired) electrons. The minimum Gasteiger partial charge on any atom is -0.508 e. The molecule has 0 aliphatic rings. The summed E-state index contributed by atoms with van der Waals surface area (Å²) in [5.41, 5.74) is 0.388. The molecule has 0 atom stereocenters. The number of aromatic hydroxyl groups is 1. The fraction of sp³-hybridized carbons (Fsp3) is 0.222. The number of ether oxygens (including phenoxy) is 1. The van der Waals surface area contributed by atoms with Crippen LogP contribution in [0, 0.1) is 5.41 Å². The van der Waals surface area contributed by atoms with Gasteiger partial charge in [0.05, 0.1) is 5.41 Å². The average molecular weight is 298 g/mol. The third kappa shape index (κ3) is 3.73. The van der Waals surface area contributed by atoms with Crippen molar-refractivity contribution < 1.29 is 19.4 Å². The first-order valence-electron chi connectivity index (χ1n) is 6.93. The molecule has 2 rings (SSSR count). The van der Waals surface area contributed by atoms with Crippen LogP contribution in [0.4, 0.5) is 0 Å². The summed E-state index contributed by atoms with van der Waals surface area (Å²) in [6.45, 7) is 5.33. The van der Waals surface area contributed by atoms with Crippen molar-refractivity contribution in [3.05, 3.63) is 59.7 Å². The molecular formula is C18H18O4. The lowest BCUT2D eigenvalue weighted by atomic mass is 9.97. The molecule has 0 saturated heterocycles. The fourth-order valence-corrected chi connectivity index (χ4v) is 1.71. The van der Waals surface area contributed by atoms with E-state index < -0.39 is 5.41 Å². The van der Waals surface area contributed by atoms with Gasteiger partial charge in [0.25, 0.3) is 0 Å². The molecule has 22 heavy (non-hydrogen) atoms. The van der Waals surface area contributed by atoms with Crippen LogP contribution in [0.15, 0.2) is 48.5 Å². The average Bonchev–Trinajstić information content (AvgIpc) is 2.47. The summed E-state index contributed by atoms with van der Waals surface area (Å²) in [5.74, 6) is 0.0296. The van der Waals surface area contributed by atoms with Gasteiger partial charge in [-0.3, -0.25) is 9.59 Å². The van der Waals surface area contributed by atoms with Crippen LogP contribution >= 0.6 is 0 Å². The molecule has 2 aromatic rings. The summed E-state index contributed by atoms with van der Waals surface area (Å²) < 4.78 is 5.25. The van der Waals surface area contributed by atoms with E-state index in [0.29, 0.717) is 16.9 Å². The number of benzene rings is 2. The summed E-state index contributed by atoms with van der Waals surface area (Å²) in [7, 11) is 0. The monoisotopic (exact) mass is 298 g/mol. The maximum Gasteiger partial charge on any atom is 0.316 e. The molecule has 0 heterocycles. The second-order valence-electron chi connectivity index (χ2n) is 6.04. The van der Waals surface area contributed by atoms with Crippen molar-refractivity contribution in [3.8, 4) is 11.5 Å². The van der Waals surface area contributed by atoms with Gasteiger partial charge >= 0.3 is 5.97 Å². The summed E-state index contributed by atoms with van der Waals surface area (Å²) >= 11 is 0. The summed E-state index contributed by atoms with van der Waals surface area (Å²) in [5, 5.41) is 9.24. The van der Waals surface area contributed by atoms with Gasteiger partial charge in [0.2, 0.25) is 0 Å². The van der Waals surface area contributed by atoms with Gasteiger partial charge in [-0.1, -0.05) is 0 Å². The first kappa shape index (κ1) is 15.8. The number of phenolic OH excluding ortho intramolecular Hbond substituents is 1. The van der Waals surface area contributed by atoms with Crippen molar-refractivity contribution in [1.82, 2.24) is 0 Å². The molecule has 0 saturated carbocycles. The van der Waals surface area contributed by atoms with Crippen LogP contribution < -0.4 is 4.74 Å². The quantitative estimate of drug-likeness (QED) is 0.534. The van der Waals surface area contributed by atoms with Gasteiger partial charge in [0.1, 0.15) is 11.5 Å². The van der Waals surface area contributed by atoms with Gasteiger partial charge < -0.3 is 9.84 Å². The zero-order valence-corrected chi connectivity index (χ0v) is 12.8. The predicted octanol–water partition coefficient (Wildman–Crippen LogP) is 3.57. The molecule has 0 spiro atoms. The van der Waals surface area contributed by atoms with E-state index in [1.807, 2.05) is 0 Å². The van der Waals surface area contributed by atoms with Crippen molar-refractivity contribution in [3.63, 3.8) is 0 Å². The number of ketones is 1. The zero-order valence-electron chi connectivity index (χ0n) is 12.8. The van der Waals surface area contributed by atoms with Crippen molar-refractivity contribution in [2.45, 2.75) is 20.8 Å². The molecule has 0 amide bonds. The molecular weight excluding hydrogens is 280 g/mol. The molecule has 0 aromatic heterocycles. The van der Waals surface area contributed by atoms with E-state index >= 15 is 0 Å². The van der Waals surface area contributed by atoms with Crippen LogP contribution in [0.25, 0.3) is 0 Å². The Hall–Kier alpha value is -2.62. The molecule has 114 valence electrons. The molecule has 0 unspecified atom stereocenters. The maximum absolute atomic E-state index is 12.3. The molecule has 0 bridgehead atoms. The number of carbonyl (C=O) groups is 2. The maximum atomic E-state index is 12.3. The zero-order chi connectivity index (χ0) is 16.3. The second-order valence-corrected chi connectivity index (χ2v) is 6.04. The van der Waals surface area contributed by atoms with Crippen LogP contribution in [0.2, 0.25) is 0 Å². The normalized spacial score (nSPS) is 11.0. The van der Waals surface area contributed by atoms with Gasteiger partial charge in [-0.05, 0) is 69.3 Å². The van der Waals surface area contributed by atoms with Crippen LogP contribution in [-0.4, -0.2) is 16.9 Å². The highest BCUT2D eigenvalue weighted by atomic mass is 16.5. The number of hydrogen-bond donors (Lipinski definition) is 1. The van der Waals surface area contributed by atoms with Gasteiger partial charge in [-0.15, -0.1) is 0 Å². The van der Waals surface area contributed by atoms with E-state index in [9.17, 15) is 14.7 Å². The first-order valence-corrected chi connectivity index (χ1v) is 6.93. The molecule has 0 fully saturated rings. The summed E-state index contributed by atoms with van der Waals surface area (Å²) in [6, 6.07) is 12.5. The summed E-state index contributed by atoms with van der Waals surface area (Å²) in [6.07, 6.45) is 0.